The molecule has 2 aromatic heterocycles. The van der Waals surface area contributed by atoms with Crippen LogP contribution < -0.4 is 0 Å². The molecule has 0 radical (unpaired) electrons. The van der Waals surface area contributed by atoms with Gasteiger partial charge in [0.2, 0.25) is 0 Å². The van der Waals surface area contributed by atoms with Crippen LogP contribution in [0, 0.1) is 0 Å². The van der Waals surface area contributed by atoms with Crippen molar-refractivity contribution in [2.45, 2.75) is 70.7 Å². The summed E-state index contributed by atoms with van der Waals surface area (Å²) in [5, 5.41) is 22.6. The Bertz CT molecular complexity index is 598. The average Bonchev–Trinajstić information content (AvgIpc) is 3.20. The highest BCUT2D eigenvalue weighted by molar-refractivity contribution is 5.02. The van der Waals surface area contributed by atoms with Gasteiger partial charge in [-0.1, -0.05) is 19.8 Å². The highest BCUT2D eigenvalue weighted by atomic mass is 16.4. The molecule has 24 heavy (non-hydrogen) atoms. The van der Waals surface area contributed by atoms with Crippen LogP contribution in [0.1, 0.15) is 63.1 Å². The molecule has 1 aliphatic rings. The number of aryl methyl sites for hydroxylation is 1. The highest BCUT2D eigenvalue weighted by Gasteiger charge is 2.26. The molecular weight excluding hydrogens is 306 g/mol. The van der Waals surface area contributed by atoms with Gasteiger partial charge in [0.15, 0.2) is 5.82 Å². The summed E-state index contributed by atoms with van der Waals surface area (Å²) in [4.78, 5) is 2.43. The van der Waals surface area contributed by atoms with Crippen molar-refractivity contribution in [3.05, 3.63) is 30.0 Å². The first-order valence-corrected chi connectivity index (χ1v) is 8.98. The van der Waals surface area contributed by atoms with Crippen molar-refractivity contribution in [1.82, 2.24) is 25.1 Å². The predicted octanol–water partition coefficient (Wildman–Crippen LogP) is 2.54. The van der Waals surface area contributed by atoms with Gasteiger partial charge < -0.3 is 9.52 Å². The summed E-state index contributed by atoms with van der Waals surface area (Å²) in [6, 6.07) is 3.98. The fraction of sp³-hybridized carbons (Fsp3) is 0.706. The zero-order valence-electron chi connectivity index (χ0n) is 14.3. The van der Waals surface area contributed by atoms with Crippen molar-refractivity contribution < 1.29 is 9.52 Å². The number of aromatic nitrogens is 4. The van der Waals surface area contributed by atoms with E-state index in [0.717, 1.165) is 38.3 Å². The zero-order valence-corrected chi connectivity index (χ0v) is 14.3. The highest BCUT2D eigenvalue weighted by Crippen LogP contribution is 2.27. The molecule has 0 aliphatic carbocycles. The Morgan fingerprint density at radius 3 is 3.08 bits per heavy atom. The smallest absolute Gasteiger partial charge is 0.165 e. The van der Waals surface area contributed by atoms with Gasteiger partial charge in [-0.3, -0.25) is 4.90 Å². The van der Waals surface area contributed by atoms with E-state index in [0.29, 0.717) is 18.2 Å². The van der Waals surface area contributed by atoms with Gasteiger partial charge >= 0.3 is 0 Å². The molecule has 7 nitrogen and oxygen atoms in total. The van der Waals surface area contributed by atoms with Crippen LogP contribution in [0.2, 0.25) is 0 Å². The van der Waals surface area contributed by atoms with Gasteiger partial charge in [0.25, 0.3) is 0 Å². The van der Waals surface area contributed by atoms with Crippen LogP contribution in [-0.4, -0.2) is 42.8 Å². The molecule has 3 heterocycles. The van der Waals surface area contributed by atoms with E-state index >= 15 is 0 Å². The Balaban J connectivity index is 1.69. The monoisotopic (exact) mass is 333 g/mol. The van der Waals surface area contributed by atoms with Gasteiger partial charge in [0, 0.05) is 12.6 Å². The lowest BCUT2D eigenvalue weighted by Gasteiger charge is -2.30. The predicted molar refractivity (Wildman–Crippen MR) is 89.1 cm³/mol. The van der Waals surface area contributed by atoms with Crippen LogP contribution >= 0.6 is 0 Å². The molecule has 1 aliphatic heterocycles. The molecule has 0 amide bonds. The summed E-state index contributed by atoms with van der Waals surface area (Å²) in [6.45, 7) is 4.73. The van der Waals surface area contributed by atoms with E-state index in [1.54, 1.807) is 6.26 Å². The number of hydrogen-bond acceptors (Lipinski definition) is 6. The van der Waals surface area contributed by atoms with Crippen molar-refractivity contribution in [3.8, 4) is 0 Å². The first kappa shape index (κ1) is 17.1. The number of likely N-dealkylation sites (tertiary alicyclic amines) is 1. The summed E-state index contributed by atoms with van der Waals surface area (Å²) in [5.41, 5.74) is 0. The van der Waals surface area contributed by atoms with Crippen LogP contribution in [0.15, 0.2) is 22.8 Å². The third-order valence-corrected chi connectivity index (χ3v) is 4.75. The summed E-state index contributed by atoms with van der Waals surface area (Å²) in [7, 11) is 0. The zero-order chi connectivity index (χ0) is 16.8. The van der Waals surface area contributed by atoms with Gasteiger partial charge in [-0.2, -0.15) is 0 Å². The van der Waals surface area contributed by atoms with Crippen molar-refractivity contribution in [3.63, 3.8) is 0 Å². The summed E-state index contributed by atoms with van der Waals surface area (Å²) in [5.74, 6) is 1.56. The molecule has 1 N–H and O–H groups in total. The number of rotatable bonds is 7. The third-order valence-electron chi connectivity index (χ3n) is 4.75. The van der Waals surface area contributed by atoms with Gasteiger partial charge in [0.05, 0.1) is 12.8 Å². The molecule has 0 bridgehead atoms. The van der Waals surface area contributed by atoms with Crippen LogP contribution in [0.5, 0.6) is 0 Å². The lowest BCUT2D eigenvalue weighted by atomic mass is 10.0. The van der Waals surface area contributed by atoms with Gasteiger partial charge in [-0.15, -0.1) is 5.10 Å². The largest absolute Gasteiger partial charge is 0.467 e. The quantitative estimate of drug-likeness (QED) is 0.839. The molecule has 1 saturated heterocycles. The lowest BCUT2D eigenvalue weighted by Crippen LogP contribution is -2.36. The molecule has 2 atom stereocenters. The van der Waals surface area contributed by atoms with Crippen LogP contribution in [0.3, 0.4) is 0 Å². The number of aliphatic hydroxyl groups is 1. The normalized spacial score (nSPS) is 20.8. The molecule has 0 saturated carbocycles. The molecule has 0 aromatic carbocycles. The summed E-state index contributed by atoms with van der Waals surface area (Å²) >= 11 is 0. The molecule has 2 aromatic rings. The Morgan fingerprint density at radius 1 is 1.38 bits per heavy atom. The maximum absolute atomic E-state index is 10.5. The Kier molecular flexibility index (Phi) is 5.98. The molecule has 1 fully saturated rings. The van der Waals surface area contributed by atoms with E-state index < -0.39 is 6.10 Å². The van der Waals surface area contributed by atoms with E-state index in [2.05, 4.69) is 27.3 Å². The van der Waals surface area contributed by atoms with Crippen LogP contribution in [-0.2, 0) is 13.1 Å². The minimum Gasteiger partial charge on any atom is -0.467 e. The molecule has 0 unspecified atom stereocenters. The van der Waals surface area contributed by atoms with Crippen molar-refractivity contribution in [2.75, 3.05) is 6.54 Å². The van der Waals surface area contributed by atoms with E-state index in [-0.39, 0.29) is 0 Å². The second-order valence-electron chi connectivity index (χ2n) is 6.56. The Hall–Kier alpha value is -1.73. The number of aliphatic hydroxyl groups excluding tert-OH is 1. The standard InChI is InChI=1S/C17H27N5O2/c1-2-9-22-17(18-19-20-22)13-21-10-5-3-4-7-14(21)12-15(23)16-8-6-11-24-16/h6,8,11,14-15,23H,2-5,7,9-10,12-13H2,1H3/t14-,15-/m1/s1. The fourth-order valence-electron chi connectivity index (χ4n) is 3.47. The number of tetrazole rings is 1. The van der Waals surface area contributed by atoms with Crippen molar-refractivity contribution >= 4 is 0 Å². The maximum atomic E-state index is 10.5. The molecule has 3 rings (SSSR count). The number of hydrogen-bond donors (Lipinski definition) is 1. The Labute approximate surface area is 142 Å². The Morgan fingerprint density at radius 2 is 2.29 bits per heavy atom. The average molecular weight is 333 g/mol. The minimum atomic E-state index is -0.558. The van der Waals surface area contributed by atoms with Crippen LogP contribution in [0.4, 0.5) is 0 Å². The van der Waals surface area contributed by atoms with Crippen molar-refractivity contribution in [2.24, 2.45) is 0 Å². The van der Waals surface area contributed by atoms with E-state index in [1.807, 2.05) is 16.8 Å². The summed E-state index contributed by atoms with van der Waals surface area (Å²) < 4.78 is 7.25. The fourth-order valence-corrected chi connectivity index (χ4v) is 3.47. The van der Waals surface area contributed by atoms with Crippen molar-refractivity contribution in [1.29, 1.82) is 0 Å². The first-order chi connectivity index (χ1) is 11.8. The summed E-state index contributed by atoms with van der Waals surface area (Å²) in [6.07, 6.45) is 7.47. The number of nitrogens with zero attached hydrogens (tertiary/aromatic N) is 5. The second kappa shape index (κ2) is 8.39. The SMILES string of the molecule is CCCn1nnnc1CN1CCCCC[C@@H]1C[C@@H](O)c1ccco1. The first-order valence-electron chi connectivity index (χ1n) is 8.98. The van der Waals surface area contributed by atoms with E-state index in [1.165, 1.54) is 19.3 Å². The molecule has 132 valence electrons. The third kappa shape index (κ3) is 4.21. The topological polar surface area (TPSA) is 80.2 Å². The van der Waals surface area contributed by atoms with Gasteiger partial charge in [0.1, 0.15) is 11.9 Å². The maximum Gasteiger partial charge on any atom is 0.165 e. The lowest BCUT2D eigenvalue weighted by molar-refractivity contribution is 0.0811. The van der Waals surface area contributed by atoms with Gasteiger partial charge in [-0.25, -0.2) is 4.68 Å². The van der Waals surface area contributed by atoms with Crippen LogP contribution in [0.25, 0.3) is 0 Å². The number of furan rings is 1. The van der Waals surface area contributed by atoms with E-state index in [9.17, 15) is 5.11 Å². The van der Waals surface area contributed by atoms with E-state index in [4.69, 9.17) is 4.42 Å². The second-order valence-corrected chi connectivity index (χ2v) is 6.56. The minimum absolute atomic E-state index is 0.319. The molecular formula is C17H27N5O2. The molecule has 7 heteroatoms. The van der Waals surface area contributed by atoms with Gasteiger partial charge in [-0.05, 0) is 54.8 Å². The molecule has 0 spiro atoms.